The van der Waals surface area contributed by atoms with Crippen molar-refractivity contribution in [2.24, 2.45) is 12.8 Å². The Kier molecular flexibility index (Phi) is 6.64. The average Bonchev–Trinajstić information content (AvgIpc) is 3.70. The molecule has 11 heteroatoms. The number of rotatable bonds is 6. The number of aryl methyl sites for hydroxylation is 1. The molecule has 2 aliphatic rings. The molecule has 11 nitrogen and oxygen atoms in total. The summed E-state index contributed by atoms with van der Waals surface area (Å²) in [6.45, 7) is 3.21. The summed E-state index contributed by atoms with van der Waals surface area (Å²) in [4.78, 5) is 52.4. The Morgan fingerprint density at radius 1 is 1.10 bits per heavy atom. The van der Waals surface area contributed by atoms with Crippen molar-refractivity contribution in [3.05, 3.63) is 62.6 Å². The van der Waals surface area contributed by atoms with Crippen LogP contribution in [-0.2, 0) is 20.1 Å². The number of nitrogens with one attached hydrogen (secondary N) is 1. The summed E-state index contributed by atoms with van der Waals surface area (Å²) in [7, 11) is 1.61. The predicted octanol–water partition coefficient (Wildman–Crippen LogP) is 1.34. The van der Waals surface area contributed by atoms with Crippen LogP contribution in [0.5, 0.6) is 0 Å². The first-order chi connectivity index (χ1) is 19.4. The van der Waals surface area contributed by atoms with Gasteiger partial charge >= 0.3 is 5.69 Å². The zero-order valence-corrected chi connectivity index (χ0v) is 22.7. The van der Waals surface area contributed by atoms with Gasteiger partial charge in [0.15, 0.2) is 0 Å². The summed E-state index contributed by atoms with van der Waals surface area (Å²) < 4.78 is 4.43. The van der Waals surface area contributed by atoms with Gasteiger partial charge in [0.25, 0.3) is 11.5 Å². The number of aromatic nitrogens is 5. The van der Waals surface area contributed by atoms with Gasteiger partial charge in [-0.3, -0.25) is 28.7 Å². The molecule has 0 spiro atoms. The Labute approximate surface area is 230 Å². The maximum Gasteiger partial charge on any atom is 0.331 e. The van der Waals surface area contributed by atoms with Crippen molar-refractivity contribution in [3.63, 3.8) is 0 Å². The summed E-state index contributed by atoms with van der Waals surface area (Å²) in [5.41, 5.74) is 8.45. The van der Waals surface area contributed by atoms with E-state index < -0.39 is 11.2 Å². The van der Waals surface area contributed by atoms with Gasteiger partial charge in [0.1, 0.15) is 16.9 Å². The minimum atomic E-state index is -0.502. The van der Waals surface area contributed by atoms with Crippen LogP contribution < -0.4 is 27.2 Å². The first-order valence-corrected chi connectivity index (χ1v) is 13.6. The molecule has 4 aromatic rings. The second kappa shape index (κ2) is 10.3. The summed E-state index contributed by atoms with van der Waals surface area (Å²) in [6, 6.07) is 5.53. The average molecular weight is 541 g/mol. The molecule has 6 rings (SSSR count). The molecular weight excluding hydrogens is 508 g/mol. The number of hydrogen-bond donors (Lipinski definition) is 2. The number of nitrogens with zero attached hydrogens (tertiary/aromatic N) is 6. The van der Waals surface area contributed by atoms with Gasteiger partial charge in [-0.1, -0.05) is 12.0 Å². The lowest BCUT2D eigenvalue weighted by Crippen LogP contribution is -2.44. The lowest BCUT2D eigenvalue weighted by molar-refractivity contribution is 0.0952. The van der Waals surface area contributed by atoms with Gasteiger partial charge in [0.05, 0.1) is 29.6 Å². The molecule has 206 valence electrons. The fraction of sp³-hybridized carbons (Fsp3) is 0.414. The number of piperidine rings is 1. The van der Waals surface area contributed by atoms with Crippen LogP contribution in [0.25, 0.3) is 22.1 Å². The van der Waals surface area contributed by atoms with Gasteiger partial charge in [-0.2, -0.15) is 0 Å². The maximum atomic E-state index is 14.2. The van der Waals surface area contributed by atoms with Crippen molar-refractivity contribution in [1.82, 2.24) is 29.0 Å². The van der Waals surface area contributed by atoms with Crippen LogP contribution in [-0.4, -0.2) is 54.7 Å². The molecule has 3 N–H and O–H groups in total. The predicted molar refractivity (Wildman–Crippen MR) is 153 cm³/mol. The first kappa shape index (κ1) is 25.8. The number of carbonyl (C=O) groups is 1. The smallest absolute Gasteiger partial charge is 0.331 e. The van der Waals surface area contributed by atoms with Crippen LogP contribution in [0.2, 0.25) is 0 Å². The molecule has 1 saturated heterocycles. The molecule has 1 atom stereocenters. The Hall–Kier alpha value is -4.43. The van der Waals surface area contributed by atoms with Crippen molar-refractivity contribution in [3.8, 4) is 11.8 Å². The molecule has 2 fully saturated rings. The van der Waals surface area contributed by atoms with E-state index in [4.69, 9.17) is 5.73 Å². The highest BCUT2D eigenvalue weighted by atomic mass is 16.2. The standard InChI is InChI=1S/C29H32N8O3/c1-3-4-14-36-25-24(23(26(38)33-20-8-9-20)27(36)35-13-5-6-19(30)17-35)34(2)29(40)37(28(25)39)16-18-7-10-21-22(15-18)32-12-11-31-21/h7,10-12,15,19-20H,5-6,8-9,13-14,16-17,30H2,1-2H3,(H,33,38). The van der Waals surface area contributed by atoms with E-state index in [-0.39, 0.29) is 36.6 Å². The van der Waals surface area contributed by atoms with Crippen LogP contribution >= 0.6 is 0 Å². The van der Waals surface area contributed by atoms with Gasteiger partial charge in [-0.25, -0.2) is 4.79 Å². The summed E-state index contributed by atoms with van der Waals surface area (Å²) >= 11 is 0. The third-order valence-electron chi connectivity index (χ3n) is 7.70. The number of hydrogen-bond acceptors (Lipinski definition) is 7. The largest absolute Gasteiger partial charge is 0.356 e. The van der Waals surface area contributed by atoms with Gasteiger partial charge in [0.2, 0.25) is 0 Å². The molecule has 40 heavy (non-hydrogen) atoms. The van der Waals surface area contributed by atoms with Crippen LogP contribution in [0.1, 0.15) is 48.5 Å². The van der Waals surface area contributed by atoms with Crippen molar-refractivity contribution >= 4 is 33.8 Å². The van der Waals surface area contributed by atoms with Crippen LogP contribution in [0.3, 0.4) is 0 Å². The van der Waals surface area contributed by atoms with Crippen molar-refractivity contribution in [1.29, 1.82) is 0 Å². The number of amides is 1. The SMILES string of the molecule is CC#CCn1c(N2CCCC(N)C2)c(C(=O)NC2CC2)c2c1c(=O)n(Cc1ccc3nccnc3c1)c(=O)n2C. The molecule has 1 unspecified atom stereocenters. The quantitative estimate of drug-likeness (QED) is 0.353. The fourth-order valence-corrected chi connectivity index (χ4v) is 5.59. The molecule has 3 aromatic heterocycles. The molecular formula is C29H32N8O3. The number of anilines is 1. The van der Waals surface area contributed by atoms with E-state index in [9.17, 15) is 14.4 Å². The maximum absolute atomic E-state index is 14.2. The van der Waals surface area contributed by atoms with Gasteiger partial charge in [-0.15, -0.1) is 5.92 Å². The second-order valence-corrected chi connectivity index (χ2v) is 10.6. The monoisotopic (exact) mass is 540 g/mol. The molecule has 4 heterocycles. The zero-order valence-electron chi connectivity index (χ0n) is 22.7. The molecule has 0 radical (unpaired) electrons. The Bertz CT molecular complexity index is 1820. The van der Waals surface area contributed by atoms with Crippen LogP contribution in [0, 0.1) is 11.8 Å². The Balaban J connectivity index is 1.60. The van der Waals surface area contributed by atoms with E-state index >= 15 is 0 Å². The third kappa shape index (κ3) is 4.54. The Morgan fingerprint density at radius 2 is 1.88 bits per heavy atom. The van der Waals surface area contributed by atoms with Gasteiger partial charge in [0, 0.05) is 44.6 Å². The van der Waals surface area contributed by atoms with E-state index in [1.807, 2.05) is 18.2 Å². The van der Waals surface area contributed by atoms with Crippen molar-refractivity contribution in [2.45, 2.75) is 57.8 Å². The molecule has 1 amide bonds. The van der Waals surface area contributed by atoms with Crippen molar-refractivity contribution < 1.29 is 4.79 Å². The lowest BCUT2D eigenvalue weighted by Gasteiger charge is -2.33. The number of fused-ring (bicyclic) bond motifs is 2. The van der Waals surface area contributed by atoms with E-state index in [0.717, 1.165) is 36.8 Å². The molecule has 0 bridgehead atoms. The highest BCUT2D eigenvalue weighted by molar-refractivity contribution is 6.11. The van der Waals surface area contributed by atoms with E-state index in [0.29, 0.717) is 35.5 Å². The molecule has 1 aliphatic heterocycles. The van der Waals surface area contributed by atoms with Crippen LogP contribution in [0.4, 0.5) is 5.82 Å². The normalized spacial score (nSPS) is 17.2. The molecule has 1 aliphatic carbocycles. The minimum absolute atomic E-state index is 0.0477. The fourth-order valence-electron chi connectivity index (χ4n) is 5.59. The van der Waals surface area contributed by atoms with Crippen LogP contribution in [0.15, 0.2) is 40.2 Å². The Morgan fingerprint density at radius 3 is 2.60 bits per heavy atom. The lowest BCUT2D eigenvalue weighted by atomic mass is 10.1. The van der Waals surface area contributed by atoms with Gasteiger partial charge in [-0.05, 0) is 50.3 Å². The first-order valence-electron chi connectivity index (χ1n) is 13.6. The summed E-state index contributed by atoms with van der Waals surface area (Å²) in [5.74, 6) is 6.30. The highest BCUT2D eigenvalue weighted by Crippen LogP contribution is 2.33. The highest BCUT2D eigenvalue weighted by Gasteiger charge is 2.34. The number of benzene rings is 1. The molecule has 1 saturated carbocycles. The number of nitrogens with two attached hydrogens (primary N) is 1. The van der Waals surface area contributed by atoms with E-state index in [2.05, 4.69) is 32.0 Å². The van der Waals surface area contributed by atoms with Crippen molar-refractivity contribution in [2.75, 3.05) is 18.0 Å². The zero-order chi connectivity index (χ0) is 28.0. The van der Waals surface area contributed by atoms with E-state index in [1.165, 1.54) is 9.13 Å². The minimum Gasteiger partial charge on any atom is -0.356 e. The summed E-state index contributed by atoms with van der Waals surface area (Å²) in [5, 5.41) is 3.08. The number of carbonyl (C=O) groups excluding carboxylic acids is 1. The molecule has 1 aromatic carbocycles. The topological polar surface area (TPSA) is 133 Å². The van der Waals surface area contributed by atoms with Gasteiger partial charge < -0.3 is 20.5 Å². The second-order valence-electron chi connectivity index (χ2n) is 10.6. The summed E-state index contributed by atoms with van der Waals surface area (Å²) in [6.07, 6.45) is 6.80. The third-order valence-corrected chi connectivity index (χ3v) is 7.70. The van der Waals surface area contributed by atoms with E-state index in [1.54, 1.807) is 30.9 Å².